The number of benzene rings is 1. The first-order valence-corrected chi connectivity index (χ1v) is 9.99. The van der Waals surface area contributed by atoms with Crippen LogP contribution in [-0.2, 0) is 17.6 Å². The molecule has 28 heavy (non-hydrogen) atoms. The number of hydrogen-bond donors (Lipinski definition) is 1. The first kappa shape index (κ1) is 19.8. The van der Waals surface area contributed by atoms with Crippen molar-refractivity contribution < 1.29 is 4.79 Å². The zero-order valence-corrected chi connectivity index (χ0v) is 16.9. The van der Waals surface area contributed by atoms with Crippen LogP contribution in [0.5, 0.6) is 0 Å². The van der Waals surface area contributed by atoms with E-state index in [0.717, 1.165) is 24.0 Å². The predicted molar refractivity (Wildman–Crippen MR) is 117 cm³/mol. The molecule has 3 rings (SSSR count). The van der Waals surface area contributed by atoms with Gasteiger partial charge in [-0.1, -0.05) is 74.1 Å². The van der Waals surface area contributed by atoms with Gasteiger partial charge in [0.25, 0.3) is 0 Å². The Morgan fingerprint density at radius 3 is 2.46 bits per heavy atom. The summed E-state index contributed by atoms with van der Waals surface area (Å²) in [7, 11) is 0. The second kappa shape index (κ2) is 9.32. The molecule has 0 aliphatic heterocycles. The van der Waals surface area contributed by atoms with Crippen molar-refractivity contribution in [3.05, 3.63) is 89.2 Å². The van der Waals surface area contributed by atoms with Crippen LogP contribution in [-0.4, -0.2) is 10.9 Å². The molecule has 3 nitrogen and oxygen atoms in total. The summed E-state index contributed by atoms with van der Waals surface area (Å²) in [4.78, 5) is 16.6. The molecule has 2 aromatic rings. The highest BCUT2D eigenvalue weighted by molar-refractivity contribution is 5.91. The van der Waals surface area contributed by atoms with Gasteiger partial charge in [0.05, 0.1) is 6.42 Å². The number of allylic oxidation sites excluding steroid dienone is 6. The lowest BCUT2D eigenvalue weighted by Crippen LogP contribution is -2.15. The molecule has 3 heteroatoms. The molecule has 0 radical (unpaired) electrons. The van der Waals surface area contributed by atoms with Crippen LogP contribution in [0.4, 0.5) is 5.82 Å². The van der Waals surface area contributed by atoms with Gasteiger partial charge in [0.15, 0.2) is 0 Å². The van der Waals surface area contributed by atoms with Crippen LogP contribution >= 0.6 is 0 Å². The lowest BCUT2D eigenvalue weighted by Gasteiger charge is -2.07. The van der Waals surface area contributed by atoms with E-state index in [-0.39, 0.29) is 5.91 Å². The summed E-state index contributed by atoms with van der Waals surface area (Å²) in [6.07, 6.45) is 13.2. The summed E-state index contributed by atoms with van der Waals surface area (Å²) in [5.41, 5.74) is 5.81. The van der Waals surface area contributed by atoms with E-state index in [4.69, 9.17) is 0 Å². The van der Waals surface area contributed by atoms with Crippen LogP contribution in [0.25, 0.3) is 5.57 Å². The van der Waals surface area contributed by atoms with E-state index >= 15 is 0 Å². The maximum absolute atomic E-state index is 12.3. The molecule has 0 fully saturated rings. The van der Waals surface area contributed by atoms with Crippen molar-refractivity contribution in [2.24, 2.45) is 5.92 Å². The fourth-order valence-electron chi connectivity index (χ4n) is 3.29. The highest BCUT2D eigenvalue weighted by atomic mass is 16.1. The van der Waals surface area contributed by atoms with Gasteiger partial charge in [-0.25, -0.2) is 4.98 Å². The number of carbonyl (C=O) groups excluding carboxylic acids is 1. The lowest BCUT2D eigenvalue weighted by molar-refractivity contribution is -0.115. The Labute approximate surface area is 167 Å². The van der Waals surface area contributed by atoms with Crippen LogP contribution in [0.15, 0.2) is 72.5 Å². The van der Waals surface area contributed by atoms with E-state index in [1.54, 1.807) is 6.20 Å². The van der Waals surface area contributed by atoms with E-state index in [2.05, 4.69) is 67.5 Å². The molecule has 0 saturated carbocycles. The SMILES string of the molecule is CCc1ccc(NC(=O)Cc2ccc(C3=CC(C)=CC(CC)C=C3)cc2)nc1. The summed E-state index contributed by atoms with van der Waals surface area (Å²) < 4.78 is 0. The molecular formula is C25H28N2O. The fourth-order valence-corrected chi connectivity index (χ4v) is 3.29. The van der Waals surface area contributed by atoms with Crippen LogP contribution < -0.4 is 5.32 Å². The topological polar surface area (TPSA) is 42.0 Å². The van der Waals surface area contributed by atoms with Crippen molar-refractivity contribution in [2.45, 2.75) is 40.0 Å². The molecule has 1 amide bonds. The summed E-state index contributed by atoms with van der Waals surface area (Å²) in [5, 5.41) is 2.86. The summed E-state index contributed by atoms with van der Waals surface area (Å²) in [5.74, 6) is 1.04. The normalized spacial score (nSPS) is 16.2. The fraction of sp³-hybridized carbons (Fsp3) is 0.280. The van der Waals surface area contributed by atoms with Crippen molar-refractivity contribution in [1.82, 2.24) is 4.98 Å². The molecule has 1 aliphatic rings. The molecular weight excluding hydrogens is 344 g/mol. The van der Waals surface area contributed by atoms with Crippen molar-refractivity contribution in [3.8, 4) is 0 Å². The van der Waals surface area contributed by atoms with Crippen molar-refractivity contribution >= 4 is 17.3 Å². The van der Waals surface area contributed by atoms with Gasteiger partial charge in [-0.05, 0) is 54.0 Å². The number of nitrogens with zero attached hydrogens (tertiary/aromatic N) is 1. The molecule has 1 N–H and O–H groups in total. The summed E-state index contributed by atoms with van der Waals surface area (Å²) in [6, 6.07) is 12.1. The number of carbonyl (C=O) groups is 1. The average molecular weight is 373 g/mol. The molecule has 1 aromatic carbocycles. The van der Waals surface area contributed by atoms with Gasteiger partial charge in [-0.15, -0.1) is 0 Å². The smallest absolute Gasteiger partial charge is 0.229 e. The average Bonchev–Trinajstić information content (AvgIpc) is 2.90. The van der Waals surface area contributed by atoms with Crippen LogP contribution in [0.2, 0.25) is 0 Å². The number of anilines is 1. The van der Waals surface area contributed by atoms with Crippen LogP contribution in [0.3, 0.4) is 0 Å². The Hall–Kier alpha value is -2.94. The van der Waals surface area contributed by atoms with Crippen molar-refractivity contribution in [1.29, 1.82) is 0 Å². The van der Waals surface area contributed by atoms with Gasteiger partial charge in [0.2, 0.25) is 5.91 Å². The van der Waals surface area contributed by atoms with Gasteiger partial charge in [0, 0.05) is 6.20 Å². The van der Waals surface area contributed by atoms with Crippen LogP contribution in [0, 0.1) is 5.92 Å². The van der Waals surface area contributed by atoms with Crippen molar-refractivity contribution in [2.75, 3.05) is 5.32 Å². The predicted octanol–water partition coefficient (Wildman–Crippen LogP) is 5.75. The van der Waals surface area contributed by atoms with E-state index in [1.165, 1.54) is 16.7 Å². The summed E-state index contributed by atoms with van der Waals surface area (Å²) >= 11 is 0. The third-order valence-corrected chi connectivity index (χ3v) is 5.01. The molecule has 1 atom stereocenters. The maximum Gasteiger partial charge on any atom is 0.229 e. The van der Waals surface area contributed by atoms with Gasteiger partial charge in [-0.3, -0.25) is 4.79 Å². The Balaban J connectivity index is 1.64. The van der Waals surface area contributed by atoms with E-state index in [9.17, 15) is 4.79 Å². The number of aromatic nitrogens is 1. The second-order valence-corrected chi connectivity index (χ2v) is 7.27. The number of nitrogens with one attached hydrogen (secondary N) is 1. The Kier molecular flexibility index (Phi) is 6.59. The highest BCUT2D eigenvalue weighted by Crippen LogP contribution is 2.24. The first-order valence-electron chi connectivity index (χ1n) is 9.99. The first-order chi connectivity index (χ1) is 13.6. The van der Waals surface area contributed by atoms with Crippen LogP contribution in [0.1, 0.15) is 43.9 Å². The Bertz CT molecular complexity index is 903. The molecule has 1 heterocycles. The highest BCUT2D eigenvalue weighted by Gasteiger charge is 2.08. The maximum atomic E-state index is 12.3. The summed E-state index contributed by atoms with van der Waals surface area (Å²) in [6.45, 7) is 6.44. The van der Waals surface area contributed by atoms with E-state index < -0.39 is 0 Å². The van der Waals surface area contributed by atoms with E-state index in [1.807, 2.05) is 24.3 Å². The lowest BCUT2D eigenvalue weighted by atomic mass is 10.0. The molecule has 0 saturated heterocycles. The zero-order chi connectivity index (χ0) is 19.9. The number of amides is 1. The third-order valence-electron chi connectivity index (χ3n) is 5.01. The van der Waals surface area contributed by atoms with Gasteiger partial charge >= 0.3 is 0 Å². The molecule has 1 aromatic heterocycles. The van der Waals surface area contributed by atoms with Gasteiger partial charge in [0.1, 0.15) is 5.82 Å². The van der Waals surface area contributed by atoms with Gasteiger partial charge < -0.3 is 5.32 Å². The number of rotatable bonds is 6. The second-order valence-electron chi connectivity index (χ2n) is 7.27. The Morgan fingerprint density at radius 1 is 1.07 bits per heavy atom. The minimum absolute atomic E-state index is 0.0531. The quantitative estimate of drug-likeness (QED) is 0.701. The molecule has 144 valence electrons. The van der Waals surface area contributed by atoms with E-state index in [0.29, 0.717) is 18.2 Å². The Morgan fingerprint density at radius 2 is 1.82 bits per heavy atom. The number of aryl methyl sites for hydroxylation is 1. The number of pyridine rings is 1. The minimum atomic E-state index is -0.0531. The molecule has 0 spiro atoms. The molecule has 0 bridgehead atoms. The zero-order valence-electron chi connectivity index (χ0n) is 16.9. The standard InChI is InChI=1S/C25H28N2O/c1-4-19-6-12-23(15-18(3)14-19)22-10-7-21(8-11-22)16-25(28)27-24-13-9-20(5-2)17-26-24/h6-15,17,19H,4-5,16H2,1-3H3,(H,26,27,28). The van der Waals surface area contributed by atoms with Crippen molar-refractivity contribution in [3.63, 3.8) is 0 Å². The monoisotopic (exact) mass is 372 g/mol. The minimum Gasteiger partial charge on any atom is -0.310 e. The molecule has 1 unspecified atom stereocenters. The third kappa shape index (κ3) is 5.29. The molecule has 1 aliphatic carbocycles. The largest absolute Gasteiger partial charge is 0.310 e. The van der Waals surface area contributed by atoms with Gasteiger partial charge in [-0.2, -0.15) is 0 Å². The number of hydrogen-bond acceptors (Lipinski definition) is 2.